The third kappa shape index (κ3) is 4.75. The first kappa shape index (κ1) is 16.9. The summed E-state index contributed by atoms with van der Waals surface area (Å²) >= 11 is 5.05. The maximum atomic E-state index is 13.6. The molecule has 0 aliphatic heterocycles. The van der Waals surface area contributed by atoms with Crippen LogP contribution in [0.25, 0.3) is 0 Å². The van der Waals surface area contributed by atoms with Gasteiger partial charge in [-0.3, -0.25) is 10.1 Å². The standard InChI is InChI=1S/C17H17FN2O2S/c1-2-11-22-15-10-6-3-7-12(15)16(21)20-17(23)19-14-9-5-4-8-13(14)18/h3-10H,2,11H2,1H3,(H2,19,20,21,23). The largest absolute Gasteiger partial charge is 0.493 e. The van der Waals surface area contributed by atoms with E-state index in [-0.39, 0.29) is 10.8 Å². The normalized spacial score (nSPS) is 10.0. The summed E-state index contributed by atoms with van der Waals surface area (Å²) in [4.78, 5) is 12.3. The maximum absolute atomic E-state index is 13.6. The zero-order chi connectivity index (χ0) is 16.7. The number of hydrogen-bond donors (Lipinski definition) is 2. The number of nitrogens with one attached hydrogen (secondary N) is 2. The Morgan fingerprint density at radius 2 is 1.87 bits per heavy atom. The molecule has 1 amide bonds. The molecule has 0 saturated heterocycles. The van der Waals surface area contributed by atoms with E-state index in [1.165, 1.54) is 12.1 Å². The Morgan fingerprint density at radius 3 is 2.61 bits per heavy atom. The molecule has 2 aromatic rings. The van der Waals surface area contributed by atoms with Crippen molar-refractivity contribution >= 4 is 28.9 Å². The van der Waals surface area contributed by atoms with Crippen LogP contribution in [0.15, 0.2) is 48.5 Å². The number of ether oxygens (including phenoxy) is 1. The number of halogens is 1. The number of carbonyl (C=O) groups excluding carboxylic acids is 1. The Hall–Kier alpha value is -2.47. The van der Waals surface area contributed by atoms with E-state index in [1.54, 1.807) is 36.4 Å². The molecule has 0 aliphatic rings. The fraction of sp³-hybridized carbons (Fsp3) is 0.176. The molecule has 0 saturated carbocycles. The van der Waals surface area contributed by atoms with Crippen molar-refractivity contribution in [2.75, 3.05) is 11.9 Å². The average molecular weight is 332 g/mol. The van der Waals surface area contributed by atoms with Crippen LogP contribution in [0.3, 0.4) is 0 Å². The van der Waals surface area contributed by atoms with Crippen LogP contribution in [0.2, 0.25) is 0 Å². The van der Waals surface area contributed by atoms with Crippen molar-refractivity contribution in [3.63, 3.8) is 0 Å². The van der Waals surface area contributed by atoms with Gasteiger partial charge in [-0.05, 0) is 42.9 Å². The van der Waals surface area contributed by atoms with E-state index in [4.69, 9.17) is 17.0 Å². The third-order valence-corrected chi connectivity index (χ3v) is 3.15. The lowest BCUT2D eigenvalue weighted by Gasteiger charge is -2.13. The zero-order valence-electron chi connectivity index (χ0n) is 12.6. The molecule has 0 unspecified atom stereocenters. The van der Waals surface area contributed by atoms with Crippen LogP contribution in [-0.4, -0.2) is 17.6 Å². The monoisotopic (exact) mass is 332 g/mol. The highest BCUT2D eigenvalue weighted by molar-refractivity contribution is 7.80. The van der Waals surface area contributed by atoms with E-state index < -0.39 is 11.7 Å². The van der Waals surface area contributed by atoms with Crippen molar-refractivity contribution in [2.45, 2.75) is 13.3 Å². The number of amides is 1. The lowest BCUT2D eigenvalue weighted by molar-refractivity contribution is 0.0973. The van der Waals surface area contributed by atoms with Crippen LogP contribution in [0.5, 0.6) is 5.75 Å². The van der Waals surface area contributed by atoms with Crippen LogP contribution in [0.4, 0.5) is 10.1 Å². The van der Waals surface area contributed by atoms with Crippen molar-refractivity contribution in [2.24, 2.45) is 0 Å². The van der Waals surface area contributed by atoms with E-state index in [9.17, 15) is 9.18 Å². The number of rotatable bonds is 5. The lowest BCUT2D eigenvalue weighted by atomic mass is 10.2. The van der Waals surface area contributed by atoms with Crippen LogP contribution < -0.4 is 15.4 Å². The van der Waals surface area contributed by atoms with Gasteiger partial charge in [-0.1, -0.05) is 31.2 Å². The molecule has 0 aliphatic carbocycles. The van der Waals surface area contributed by atoms with E-state index >= 15 is 0 Å². The van der Waals surface area contributed by atoms with Gasteiger partial charge in [-0.2, -0.15) is 0 Å². The Morgan fingerprint density at radius 1 is 1.17 bits per heavy atom. The van der Waals surface area contributed by atoms with Gasteiger partial charge in [0.15, 0.2) is 5.11 Å². The number of carbonyl (C=O) groups is 1. The predicted octanol–water partition coefficient (Wildman–Crippen LogP) is 3.74. The summed E-state index contributed by atoms with van der Waals surface area (Å²) < 4.78 is 19.1. The van der Waals surface area contributed by atoms with Gasteiger partial charge in [0, 0.05) is 0 Å². The van der Waals surface area contributed by atoms with Gasteiger partial charge < -0.3 is 10.1 Å². The fourth-order valence-corrected chi connectivity index (χ4v) is 2.08. The first-order valence-electron chi connectivity index (χ1n) is 7.20. The molecular formula is C17H17FN2O2S. The summed E-state index contributed by atoms with van der Waals surface area (Å²) in [5, 5.41) is 5.20. The minimum atomic E-state index is -0.448. The summed E-state index contributed by atoms with van der Waals surface area (Å²) in [6.07, 6.45) is 0.837. The SMILES string of the molecule is CCCOc1ccccc1C(=O)NC(=S)Nc1ccccc1F. The topological polar surface area (TPSA) is 50.4 Å². The molecule has 0 heterocycles. The second kappa shape index (κ2) is 8.24. The minimum Gasteiger partial charge on any atom is -0.493 e. The zero-order valence-corrected chi connectivity index (χ0v) is 13.5. The van der Waals surface area contributed by atoms with Gasteiger partial charge in [-0.25, -0.2) is 4.39 Å². The summed E-state index contributed by atoms with van der Waals surface area (Å²) in [7, 11) is 0. The van der Waals surface area contributed by atoms with E-state index in [2.05, 4.69) is 10.6 Å². The second-order valence-corrected chi connectivity index (χ2v) is 5.14. The maximum Gasteiger partial charge on any atom is 0.261 e. The van der Waals surface area contributed by atoms with Crippen LogP contribution in [0.1, 0.15) is 23.7 Å². The van der Waals surface area contributed by atoms with Crippen molar-refractivity contribution in [1.82, 2.24) is 5.32 Å². The van der Waals surface area contributed by atoms with E-state index in [1.807, 2.05) is 6.92 Å². The molecule has 120 valence electrons. The van der Waals surface area contributed by atoms with Crippen molar-refractivity contribution in [1.29, 1.82) is 0 Å². The lowest BCUT2D eigenvalue weighted by Crippen LogP contribution is -2.34. The van der Waals surface area contributed by atoms with E-state index in [0.717, 1.165) is 6.42 Å². The number of hydrogen-bond acceptors (Lipinski definition) is 3. The number of anilines is 1. The second-order valence-electron chi connectivity index (χ2n) is 4.73. The van der Waals surface area contributed by atoms with Gasteiger partial charge in [0.25, 0.3) is 5.91 Å². The highest BCUT2D eigenvalue weighted by Crippen LogP contribution is 2.18. The molecule has 0 radical (unpaired) electrons. The molecule has 2 rings (SSSR count). The third-order valence-electron chi connectivity index (χ3n) is 2.94. The van der Waals surface area contributed by atoms with E-state index in [0.29, 0.717) is 17.9 Å². The number of thiocarbonyl (C=S) groups is 1. The van der Waals surface area contributed by atoms with Crippen molar-refractivity contribution < 1.29 is 13.9 Å². The van der Waals surface area contributed by atoms with Gasteiger partial charge >= 0.3 is 0 Å². The van der Waals surface area contributed by atoms with Gasteiger partial charge in [0.2, 0.25) is 0 Å². The average Bonchev–Trinajstić information content (AvgIpc) is 2.55. The Labute approximate surface area is 139 Å². The van der Waals surface area contributed by atoms with Crippen molar-refractivity contribution in [3.8, 4) is 5.75 Å². The summed E-state index contributed by atoms with van der Waals surface area (Å²) in [5.41, 5.74) is 0.576. The smallest absolute Gasteiger partial charge is 0.261 e. The Bertz CT molecular complexity index is 706. The van der Waals surface area contributed by atoms with Crippen molar-refractivity contribution in [3.05, 3.63) is 59.9 Å². The quantitative estimate of drug-likeness (QED) is 0.819. The first-order chi connectivity index (χ1) is 11.1. The summed E-state index contributed by atoms with van der Waals surface area (Å²) in [6, 6.07) is 13.0. The number of para-hydroxylation sites is 2. The first-order valence-corrected chi connectivity index (χ1v) is 7.61. The fourth-order valence-electron chi connectivity index (χ4n) is 1.88. The van der Waals surface area contributed by atoms with Crippen LogP contribution >= 0.6 is 12.2 Å². The molecule has 2 N–H and O–H groups in total. The molecule has 0 atom stereocenters. The molecule has 0 bridgehead atoms. The molecule has 2 aromatic carbocycles. The minimum absolute atomic E-state index is 0.0189. The van der Waals surface area contributed by atoms with Crippen LogP contribution in [0, 0.1) is 5.82 Å². The Balaban J connectivity index is 2.04. The summed E-state index contributed by atoms with van der Waals surface area (Å²) in [5.74, 6) is -0.373. The Kier molecular flexibility index (Phi) is 6.05. The highest BCUT2D eigenvalue weighted by Gasteiger charge is 2.14. The van der Waals surface area contributed by atoms with Crippen LogP contribution in [-0.2, 0) is 0 Å². The molecule has 23 heavy (non-hydrogen) atoms. The molecule has 6 heteroatoms. The molecule has 4 nitrogen and oxygen atoms in total. The molecule has 0 spiro atoms. The van der Waals surface area contributed by atoms with Gasteiger partial charge in [0.1, 0.15) is 11.6 Å². The molecule has 0 aromatic heterocycles. The predicted molar refractivity (Wildman–Crippen MR) is 92.3 cm³/mol. The molecular weight excluding hydrogens is 315 g/mol. The number of benzene rings is 2. The van der Waals surface area contributed by atoms with Gasteiger partial charge in [-0.15, -0.1) is 0 Å². The van der Waals surface area contributed by atoms with Gasteiger partial charge in [0.05, 0.1) is 17.9 Å². The molecule has 0 fully saturated rings. The summed E-state index contributed by atoms with van der Waals surface area (Å²) in [6.45, 7) is 2.50. The highest BCUT2D eigenvalue weighted by atomic mass is 32.1.